The Bertz CT molecular complexity index is 921. The van der Waals surface area contributed by atoms with Crippen LogP contribution in [0.15, 0.2) is 0 Å². The predicted octanol–water partition coefficient (Wildman–Crippen LogP) is 10.7. The van der Waals surface area contributed by atoms with Gasteiger partial charge in [-0.15, -0.1) is 0 Å². The monoisotopic (exact) mass is 628 g/mol. The summed E-state index contributed by atoms with van der Waals surface area (Å²) in [7, 11) is 0. The molecule has 0 saturated carbocycles. The number of alkyl halides is 1. The second-order valence-corrected chi connectivity index (χ2v) is 10.3. The second kappa shape index (κ2) is 10.2. The molecule has 2 rings (SSSR count). The number of halogens is 11. The Kier molecular flexibility index (Phi) is 9.26. The molecular formula is C17H7Cl11O2. The fourth-order valence-corrected chi connectivity index (χ4v) is 5.90. The molecule has 13 heteroatoms. The molecule has 0 unspecified atom stereocenters. The Balaban J connectivity index is 3.13. The Morgan fingerprint density at radius 1 is 0.600 bits per heavy atom. The maximum absolute atomic E-state index is 13.3. The zero-order valence-electron chi connectivity index (χ0n) is 14.6. The smallest absolute Gasteiger partial charge is 0.336 e. The number of carbonyl (C=O) groups is 1. The van der Waals surface area contributed by atoms with E-state index >= 15 is 0 Å². The van der Waals surface area contributed by atoms with Gasteiger partial charge in [0.1, 0.15) is 0 Å². The number of benzene rings is 2. The van der Waals surface area contributed by atoms with Gasteiger partial charge in [-0.3, -0.25) is 0 Å². The number of hydrogen-bond donors (Lipinski definition) is 0. The van der Waals surface area contributed by atoms with Crippen LogP contribution in [0.4, 0.5) is 0 Å². The van der Waals surface area contributed by atoms with Crippen LogP contribution >= 0.6 is 128 Å². The molecule has 2 aromatic rings. The van der Waals surface area contributed by atoms with E-state index in [1.807, 2.05) is 0 Å². The average Bonchev–Trinajstić information content (AvgIpc) is 2.67. The highest BCUT2D eigenvalue weighted by Gasteiger charge is 2.50. The van der Waals surface area contributed by atoms with Gasteiger partial charge in [-0.25, -0.2) is 4.79 Å². The first-order chi connectivity index (χ1) is 13.7. The maximum atomic E-state index is 13.3. The molecule has 0 aliphatic heterocycles. The highest BCUT2D eigenvalue weighted by molar-refractivity contribution is 6.58. The normalized spacial score (nSPS) is 11.9. The van der Waals surface area contributed by atoms with E-state index in [1.165, 1.54) is 0 Å². The van der Waals surface area contributed by atoms with Gasteiger partial charge in [0, 0.05) is 11.1 Å². The van der Waals surface area contributed by atoms with E-state index in [0.29, 0.717) is 0 Å². The Morgan fingerprint density at radius 3 is 1.07 bits per heavy atom. The van der Waals surface area contributed by atoms with Crippen LogP contribution in [-0.2, 0) is 14.4 Å². The van der Waals surface area contributed by atoms with Gasteiger partial charge in [-0.05, 0) is 13.8 Å². The minimum atomic E-state index is -2.39. The van der Waals surface area contributed by atoms with Crippen LogP contribution < -0.4 is 0 Å². The van der Waals surface area contributed by atoms with Gasteiger partial charge in [0.05, 0.1) is 56.3 Å². The largest absolute Gasteiger partial charge is 0.461 e. The molecule has 0 fully saturated rings. The van der Waals surface area contributed by atoms with Gasteiger partial charge in [0.25, 0.3) is 0 Å². The second-order valence-electron chi connectivity index (χ2n) is 6.00. The molecule has 0 aliphatic carbocycles. The summed E-state index contributed by atoms with van der Waals surface area (Å²) in [6.45, 7) is 3.18. The highest BCUT2D eigenvalue weighted by Crippen LogP contribution is 2.57. The molecule has 164 valence electrons. The first-order valence-electron chi connectivity index (χ1n) is 7.63. The van der Waals surface area contributed by atoms with Crippen molar-refractivity contribution < 1.29 is 9.53 Å². The number of ether oxygens (including phenoxy) is 1. The van der Waals surface area contributed by atoms with Crippen molar-refractivity contribution in [3.05, 3.63) is 61.4 Å². The van der Waals surface area contributed by atoms with Gasteiger partial charge in [0.2, 0.25) is 0 Å². The molecule has 0 aliphatic rings. The van der Waals surface area contributed by atoms with Crippen molar-refractivity contribution in [3.63, 3.8) is 0 Å². The van der Waals surface area contributed by atoms with E-state index in [0.717, 1.165) is 0 Å². The summed E-state index contributed by atoms with van der Waals surface area (Å²) in [6, 6.07) is 0. The van der Waals surface area contributed by atoms with Crippen molar-refractivity contribution in [1.29, 1.82) is 0 Å². The lowest BCUT2D eigenvalue weighted by atomic mass is 9.89. The Hall–Kier alpha value is 1.10. The molecule has 0 amide bonds. The third-order valence-electron chi connectivity index (χ3n) is 3.73. The molecule has 0 bridgehead atoms. The molecule has 0 spiro atoms. The fourth-order valence-electron chi connectivity index (χ4n) is 2.44. The average molecular weight is 633 g/mol. The number of rotatable bonds is 4. The van der Waals surface area contributed by atoms with Crippen molar-refractivity contribution in [2.24, 2.45) is 0 Å². The molecule has 30 heavy (non-hydrogen) atoms. The molecule has 2 aromatic carbocycles. The van der Waals surface area contributed by atoms with Crippen molar-refractivity contribution >= 4 is 134 Å². The first kappa shape index (κ1) is 27.3. The number of hydrogen-bond acceptors (Lipinski definition) is 2. The van der Waals surface area contributed by atoms with Crippen molar-refractivity contribution in [2.45, 2.75) is 24.8 Å². The molecule has 0 saturated heterocycles. The quantitative estimate of drug-likeness (QED) is 0.145. The summed E-state index contributed by atoms with van der Waals surface area (Å²) in [4.78, 5) is 10.9. The van der Waals surface area contributed by atoms with E-state index in [1.54, 1.807) is 13.8 Å². The first-order valence-corrected chi connectivity index (χ1v) is 11.8. The van der Waals surface area contributed by atoms with Crippen LogP contribution in [0.1, 0.15) is 25.0 Å². The van der Waals surface area contributed by atoms with Crippen LogP contribution in [0.25, 0.3) is 0 Å². The highest BCUT2D eigenvalue weighted by atomic mass is 35.5. The Morgan fingerprint density at radius 2 is 0.833 bits per heavy atom. The lowest BCUT2D eigenvalue weighted by Gasteiger charge is -2.31. The van der Waals surface area contributed by atoms with Crippen molar-refractivity contribution in [2.75, 3.05) is 0 Å². The van der Waals surface area contributed by atoms with Gasteiger partial charge in [-0.1, -0.05) is 128 Å². The molecule has 0 heterocycles. The third-order valence-corrected chi connectivity index (χ3v) is 8.82. The summed E-state index contributed by atoms with van der Waals surface area (Å²) >= 11 is 69.2. The van der Waals surface area contributed by atoms with Crippen LogP contribution in [0.2, 0.25) is 50.2 Å². The summed E-state index contributed by atoms with van der Waals surface area (Å²) in [6.07, 6.45) is -0.609. The standard InChI is InChI=1S/C17H7Cl11O2/c1-3(2)30-16(29)17(28,4-6(18)10(22)14(26)11(23)7(4)19)5-8(20)12(24)15(27)13(25)9(5)21/h3H,1-2H3. The molecule has 0 atom stereocenters. The predicted molar refractivity (Wildman–Crippen MR) is 131 cm³/mol. The van der Waals surface area contributed by atoms with Gasteiger partial charge in [-0.2, -0.15) is 0 Å². The third kappa shape index (κ3) is 4.55. The molecule has 0 aromatic heterocycles. The molecule has 2 nitrogen and oxygen atoms in total. The van der Waals surface area contributed by atoms with E-state index in [4.69, 9.17) is 132 Å². The van der Waals surface area contributed by atoms with Crippen molar-refractivity contribution in [1.82, 2.24) is 0 Å². The summed E-state index contributed by atoms with van der Waals surface area (Å²) < 4.78 is 5.32. The lowest BCUT2D eigenvalue weighted by Crippen LogP contribution is -2.36. The summed E-state index contributed by atoms with van der Waals surface area (Å²) in [5.41, 5.74) is -0.563. The summed E-state index contributed by atoms with van der Waals surface area (Å²) in [5.74, 6) is -1.06. The lowest BCUT2D eigenvalue weighted by molar-refractivity contribution is -0.149. The zero-order valence-corrected chi connectivity index (χ0v) is 22.9. The van der Waals surface area contributed by atoms with E-state index in [2.05, 4.69) is 0 Å². The Labute approximate surface area is 227 Å². The van der Waals surface area contributed by atoms with E-state index < -0.39 is 16.9 Å². The SMILES string of the molecule is CC(C)OC(=O)C(Cl)(c1c(Cl)c(Cl)c(Cl)c(Cl)c1Cl)c1c(Cl)c(Cl)c(Cl)c(Cl)c1Cl. The minimum Gasteiger partial charge on any atom is -0.461 e. The maximum Gasteiger partial charge on any atom is 0.336 e. The molecule has 0 radical (unpaired) electrons. The van der Waals surface area contributed by atoms with Crippen LogP contribution in [0, 0.1) is 0 Å². The van der Waals surface area contributed by atoms with E-state index in [9.17, 15) is 4.79 Å². The van der Waals surface area contributed by atoms with Gasteiger partial charge < -0.3 is 4.74 Å². The minimum absolute atomic E-state index is 0.155. The molecule has 0 N–H and O–H groups in total. The van der Waals surface area contributed by atoms with Crippen LogP contribution in [-0.4, -0.2) is 12.1 Å². The van der Waals surface area contributed by atoms with Crippen LogP contribution in [0.5, 0.6) is 0 Å². The van der Waals surface area contributed by atoms with Crippen molar-refractivity contribution in [3.8, 4) is 0 Å². The molecular weight excluding hydrogens is 626 g/mol. The zero-order chi connectivity index (χ0) is 23.3. The van der Waals surface area contributed by atoms with Gasteiger partial charge in [0.15, 0.2) is 4.87 Å². The summed E-state index contributed by atoms with van der Waals surface area (Å²) in [5, 5.41) is -2.35. The topological polar surface area (TPSA) is 26.3 Å². The number of esters is 1. The fraction of sp³-hybridized carbons (Fsp3) is 0.235. The van der Waals surface area contributed by atoms with Gasteiger partial charge >= 0.3 is 5.97 Å². The van der Waals surface area contributed by atoms with E-state index in [-0.39, 0.29) is 61.4 Å². The number of carbonyl (C=O) groups excluding carboxylic acids is 1. The van der Waals surface area contributed by atoms with Crippen LogP contribution in [0.3, 0.4) is 0 Å².